The number of carbonyl (C=O) groups excluding carboxylic acids is 1. The number of rotatable bonds is 10. The first kappa shape index (κ1) is 34.5. The van der Waals surface area contributed by atoms with Crippen LogP contribution in [-0.4, -0.2) is 139 Å². The number of aliphatic carboxylic acids is 2. The highest BCUT2D eigenvalue weighted by atomic mass is 16.4. The molecule has 5 fully saturated rings. The highest BCUT2D eigenvalue weighted by Gasteiger charge is 2.83. The van der Waals surface area contributed by atoms with Crippen molar-refractivity contribution in [3.63, 3.8) is 0 Å². The number of benzene rings is 1. The van der Waals surface area contributed by atoms with Crippen LogP contribution in [0, 0.1) is 17.8 Å². The van der Waals surface area contributed by atoms with Crippen LogP contribution in [0.5, 0.6) is 0 Å². The minimum absolute atomic E-state index is 0. The van der Waals surface area contributed by atoms with Crippen molar-refractivity contribution in [2.45, 2.75) is 94.2 Å². The predicted octanol–water partition coefficient (Wildman–Crippen LogP) is -2.51. The molecule has 4 saturated heterocycles. The summed E-state index contributed by atoms with van der Waals surface area (Å²) in [5.74, 6) is -3.04. The smallest absolute Gasteiger partial charge is 0.335 e. The van der Waals surface area contributed by atoms with Crippen molar-refractivity contribution >= 4 is 17.6 Å². The van der Waals surface area contributed by atoms with Gasteiger partial charge in [0.25, 0.3) is 0 Å². The number of aliphatic hydroxyl groups excluding tert-OH is 5. The number of quaternary nitrogens is 1. The molecule has 1 saturated carbocycles. The van der Waals surface area contributed by atoms with Crippen LogP contribution in [0.3, 0.4) is 0 Å². The molecule has 6 aliphatic rings. The molecule has 0 amide bonds. The Hall–Kier alpha value is -2.36. The molecule has 1 spiro atoms. The summed E-state index contributed by atoms with van der Waals surface area (Å²) in [5, 5.41) is 69.6. The first-order valence-electron chi connectivity index (χ1n) is 15.6. The van der Waals surface area contributed by atoms with E-state index in [9.17, 15) is 30.0 Å². The molecular weight excluding hydrogens is 574 g/mol. The van der Waals surface area contributed by atoms with Gasteiger partial charge in [-0.05, 0) is 37.1 Å². The lowest BCUT2D eigenvalue weighted by Crippen LogP contribution is -2.84. The number of anilines is 1. The molecule has 8 N–H and O–H groups in total. The first-order valence-corrected chi connectivity index (χ1v) is 15.6. The highest BCUT2D eigenvalue weighted by molar-refractivity contribution is 5.82. The Bertz CT molecular complexity index is 1200. The third kappa shape index (κ3) is 4.66. The van der Waals surface area contributed by atoms with E-state index in [1.807, 2.05) is 0 Å². The van der Waals surface area contributed by atoms with Gasteiger partial charge in [0.15, 0.2) is 12.3 Å². The molecule has 5 bridgehead atoms. The topological polar surface area (TPSA) is 217 Å². The van der Waals surface area contributed by atoms with Gasteiger partial charge in [-0.15, -0.1) is 0 Å². The normalized spacial score (nSPS) is 39.1. The van der Waals surface area contributed by atoms with Crippen LogP contribution >= 0.6 is 0 Å². The molecule has 7 rings (SSSR count). The number of piperidine rings is 4. The fourth-order valence-electron chi connectivity index (χ4n) is 10.2. The lowest BCUT2D eigenvalue weighted by molar-refractivity contribution is -1.04. The maximum Gasteiger partial charge on any atom is 0.335 e. The van der Waals surface area contributed by atoms with Gasteiger partial charge in [-0.3, -0.25) is 4.48 Å². The zero-order valence-electron chi connectivity index (χ0n) is 25.9. The summed E-state index contributed by atoms with van der Waals surface area (Å²) < 4.78 is 0.601. The Kier molecular flexibility index (Phi) is 9.76. The molecular formula is C31H49N3O10. The second-order valence-corrected chi connectivity index (χ2v) is 13.2. The van der Waals surface area contributed by atoms with Gasteiger partial charge in [-0.1, -0.05) is 39.0 Å². The molecule has 5 unspecified atom stereocenters. The number of carboxylic acids is 2. The summed E-state index contributed by atoms with van der Waals surface area (Å²) in [7, 11) is 2.19. The van der Waals surface area contributed by atoms with E-state index < -0.39 is 36.5 Å². The molecule has 1 aromatic carbocycles. The summed E-state index contributed by atoms with van der Waals surface area (Å²) in [4.78, 5) is 24.1. The summed E-state index contributed by atoms with van der Waals surface area (Å²) in [6.45, 7) is 9.58. The van der Waals surface area contributed by atoms with Gasteiger partial charge in [-0.2, -0.15) is 0 Å². The van der Waals surface area contributed by atoms with Crippen LogP contribution in [0.1, 0.15) is 45.6 Å². The summed E-state index contributed by atoms with van der Waals surface area (Å²) in [6, 6.07) is 9.31. The molecule has 13 nitrogen and oxygen atoms in total. The zero-order chi connectivity index (χ0) is 31.6. The number of nitrogens with zero attached hydrogens (tertiary/aromatic N) is 3. The maximum absolute atomic E-state index is 12.1. The largest absolute Gasteiger partial charge is 0.547 e. The Morgan fingerprint density at radius 1 is 1.09 bits per heavy atom. The molecule has 13 atom stereocenters. The van der Waals surface area contributed by atoms with Crippen molar-refractivity contribution in [1.29, 1.82) is 0 Å². The Balaban J connectivity index is 0.000000350. The summed E-state index contributed by atoms with van der Waals surface area (Å²) in [6.07, 6.45) is -3.11. The van der Waals surface area contributed by atoms with E-state index in [0.29, 0.717) is 23.5 Å². The van der Waals surface area contributed by atoms with Gasteiger partial charge in [0.05, 0.1) is 29.6 Å². The van der Waals surface area contributed by atoms with E-state index >= 15 is 0 Å². The number of hydrogen-bond donors (Lipinski definition) is 6. The molecule has 5 aliphatic heterocycles. The minimum atomic E-state index is -2.38. The van der Waals surface area contributed by atoms with Gasteiger partial charge in [0, 0.05) is 44.0 Å². The number of likely N-dealkylation sites (N-methyl/N-ethyl adjacent to an activating group) is 2. The molecule has 44 heavy (non-hydrogen) atoms. The van der Waals surface area contributed by atoms with E-state index in [4.69, 9.17) is 15.3 Å². The number of para-hydroxylation sites is 1. The quantitative estimate of drug-likeness (QED) is 0.150. The third-order valence-electron chi connectivity index (χ3n) is 11.8. The fraction of sp³-hybridized carbons (Fsp3) is 0.742. The Labute approximate surface area is 257 Å². The summed E-state index contributed by atoms with van der Waals surface area (Å²) >= 11 is 0. The average Bonchev–Trinajstić information content (AvgIpc) is 3.37. The second kappa shape index (κ2) is 12.4. The molecule has 1 aliphatic carbocycles. The molecule has 13 heteroatoms. The van der Waals surface area contributed by atoms with Gasteiger partial charge < -0.3 is 55.8 Å². The van der Waals surface area contributed by atoms with Crippen LogP contribution in [0.25, 0.3) is 0 Å². The van der Waals surface area contributed by atoms with Crippen molar-refractivity contribution in [2.24, 2.45) is 17.8 Å². The fourth-order valence-corrected chi connectivity index (χ4v) is 10.2. The number of hydrogen-bond acceptors (Lipinski definition) is 10. The van der Waals surface area contributed by atoms with Crippen molar-refractivity contribution in [2.75, 3.05) is 38.1 Å². The maximum atomic E-state index is 12.1. The molecule has 0 aromatic heterocycles. The second-order valence-electron chi connectivity index (χ2n) is 13.2. The zero-order valence-corrected chi connectivity index (χ0v) is 25.9. The number of carboxylic acid groups (broad SMARTS) is 2. The van der Waals surface area contributed by atoms with Crippen LogP contribution < -0.4 is 10.0 Å². The molecule has 1 aromatic rings. The van der Waals surface area contributed by atoms with E-state index in [1.165, 1.54) is 11.3 Å². The molecule has 248 valence electrons. The van der Waals surface area contributed by atoms with E-state index in [1.54, 1.807) is 0 Å². The average molecular weight is 624 g/mol. The third-order valence-corrected chi connectivity index (χ3v) is 11.8. The van der Waals surface area contributed by atoms with Crippen LogP contribution in [0.2, 0.25) is 0 Å². The molecule has 0 radical (unpaired) electrons. The van der Waals surface area contributed by atoms with E-state index in [2.05, 4.69) is 61.9 Å². The van der Waals surface area contributed by atoms with Crippen molar-refractivity contribution in [1.82, 2.24) is 4.90 Å². The van der Waals surface area contributed by atoms with Crippen LogP contribution in [0.15, 0.2) is 24.3 Å². The van der Waals surface area contributed by atoms with Gasteiger partial charge in [0.1, 0.15) is 24.8 Å². The Morgan fingerprint density at radius 2 is 1.73 bits per heavy atom. The predicted molar refractivity (Wildman–Crippen MR) is 157 cm³/mol. The monoisotopic (exact) mass is 623 g/mol. The first-order chi connectivity index (χ1) is 20.3. The minimum Gasteiger partial charge on any atom is -0.547 e. The van der Waals surface area contributed by atoms with E-state index in [-0.39, 0.29) is 47.0 Å². The van der Waals surface area contributed by atoms with Crippen LogP contribution in [0.4, 0.5) is 5.69 Å². The standard InChI is InChI=1S/C27H42N3O3.C4H6O6.H2O/c1-5-17-18-12-21-24-27(19-10-8-9-11-20(19)28(24)4)13-22(23(18)25(27)32)30(21,26(17)33)15-16(31)14-29(6-2)7-3;5-1(3(7)8)2(6)4(9)10;/h8-11,16-18,21-26,31-33H,5-7,12-15H2,1-4H3;1-2,5-6H,(H,7,8)(H,9,10);1H2/q+1;;/p-1/t16?,17-,18-,21-,22-,23?,24-,25+,26+,27+,30?;;/m0../s1. The number of fused-ring (bicyclic) bond motifs is 2. The van der Waals surface area contributed by atoms with E-state index in [0.717, 1.165) is 32.4 Å². The number of aliphatic hydroxyl groups is 5. The molecule has 5 heterocycles. The van der Waals surface area contributed by atoms with Crippen molar-refractivity contribution in [3.8, 4) is 0 Å². The SMILES string of the molecule is CC[C@H]1[C@@H]2C[C@H]3[C@@H]4N(C)c5ccccc5[C@]45C[C@@H](C2[C@H]5O)[N+]3(CC(O)CN(CC)CC)[C@@H]1O.O.O=C([O-])C(O)C(O)C(=O)O. The lowest BCUT2D eigenvalue weighted by Gasteiger charge is -2.68. The Morgan fingerprint density at radius 3 is 2.27 bits per heavy atom. The lowest BCUT2D eigenvalue weighted by atomic mass is 9.60. The highest BCUT2D eigenvalue weighted by Crippen LogP contribution is 2.71. The van der Waals surface area contributed by atoms with Crippen molar-refractivity contribution < 1.29 is 55.3 Å². The number of carbonyl (C=O) groups is 2. The van der Waals surface area contributed by atoms with Gasteiger partial charge in [-0.25, -0.2) is 4.79 Å². The van der Waals surface area contributed by atoms with Crippen LogP contribution in [-0.2, 0) is 15.0 Å². The summed E-state index contributed by atoms with van der Waals surface area (Å²) in [5.41, 5.74) is 2.32. The van der Waals surface area contributed by atoms with Crippen molar-refractivity contribution in [3.05, 3.63) is 29.8 Å². The van der Waals surface area contributed by atoms with Gasteiger partial charge >= 0.3 is 5.97 Å². The van der Waals surface area contributed by atoms with Gasteiger partial charge in [0.2, 0.25) is 0 Å².